The third-order valence-electron chi connectivity index (χ3n) is 1.93. The Balaban J connectivity index is 3.02. The van der Waals surface area contributed by atoms with Crippen molar-refractivity contribution >= 4 is 17.6 Å². The van der Waals surface area contributed by atoms with E-state index in [1.165, 1.54) is 12.1 Å². The van der Waals surface area contributed by atoms with Crippen molar-refractivity contribution in [3.63, 3.8) is 0 Å². The first-order chi connectivity index (χ1) is 7.04. The smallest absolute Gasteiger partial charge is 0.337 e. The van der Waals surface area contributed by atoms with Gasteiger partial charge in [0.25, 0.3) is 0 Å². The average molecular weight is 231 g/mol. The molecule has 0 heterocycles. The first-order valence-electron chi connectivity index (χ1n) is 4.35. The average Bonchev–Trinajstić information content (AvgIpc) is 2.16. The number of carbonyl (C=O) groups is 1. The molecule has 0 saturated heterocycles. The van der Waals surface area contributed by atoms with Crippen molar-refractivity contribution in [1.29, 1.82) is 0 Å². The molecule has 0 amide bonds. The van der Waals surface area contributed by atoms with Crippen molar-refractivity contribution in [3.8, 4) is 0 Å². The van der Waals surface area contributed by atoms with Crippen LogP contribution in [-0.2, 0) is 11.2 Å². The molecule has 0 bridgehead atoms. The molecule has 0 aliphatic carbocycles. The van der Waals surface area contributed by atoms with Crippen LogP contribution in [0.5, 0.6) is 0 Å². The highest BCUT2D eigenvalue weighted by Crippen LogP contribution is 2.21. The van der Waals surface area contributed by atoms with E-state index in [4.69, 9.17) is 21.8 Å². The zero-order chi connectivity index (χ0) is 11.4. The normalized spacial score (nSPS) is 12.5. The molecule has 0 spiro atoms. The number of rotatable bonds is 4. The standard InChI is InChI=1S/C10H11ClO4/c11-8-4-6(1-2-12)3-7(5-8)9(13)10(14)15/h3-5,9,12-13H,1-2H2,(H,14,15). The molecule has 0 aliphatic rings. The van der Waals surface area contributed by atoms with Crippen LogP contribution in [0.2, 0.25) is 5.02 Å². The second-order valence-electron chi connectivity index (χ2n) is 3.11. The van der Waals surface area contributed by atoms with Crippen LogP contribution in [0.15, 0.2) is 18.2 Å². The van der Waals surface area contributed by atoms with Gasteiger partial charge in [0.2, 0.25) is 0 Å². The molecule has 1 atom stereocenters. The maximum atomic E-state index is 10.5. The number of aliphatic hydroxyl groups excluding tert-OH is 2. The summed E-state index contributed by atoms with van der Waals surface area (Å²) in [5.74, 6) is -1.33. The van der Waals surface area contributed by atoms with Gasteiger partial charge in [-0.25, -0.2) is 4.79 Å². The van der Waals surface area contributed by atoms with Crippen LogP contribution in [0.1, 0.15) is 17.2 Å². The number of halogens is 1. The van der Waals surface area contributed by atoms with Crippen LogP contribution >= 0.6 is 11.6 Å². The molecule has 4 nitrogen and oxygen atoms in total. The monoisotopic (exact) mass is 230 g/mol. The lowest BCUT2D eigenvalue weighted by Gasteiger charge is -2.08. The van der Waals surface area contributed by atoms with E-state index in [0.717, 1.165) is 0 Å². The summed E-state index contributed by atoms with van der Waals surface area (Å²) < 4.78 is 0. The first-order valence-corrected chi connectivity index (χ1v) is 4.73. The van der Waals surface area contributed by atoms with E-state index >= 15 is 0 Å². The minimum absolute atomic E-state index is 0.0526. The summed E-state index contributed by atoms with van der Waals surface area (Å²) in [5.41, 5.74) is 0.916. The summed E-state index contributed by atoms with van der Waals surface area (Å²) in [4.78, 5) is 10.5. The van der Waals surface area contributed by atoms with Crippen LogP contribution in [0.3, 0.4) is 0 Å². The molecule has 0 saturated carbocycles. The minimum atomic E-state index is -1.58. The van der Waals surface area contributed by atoms with Gasteiger partial charge in [0.05, 0.1) is 0 Å². The third-order valence-corrected chi connectivity index (χ3v) is 2.15. The van der Waals surface area contributed by atoms with Crippen LogP contribution < -0.4 is 0 Å². The lowest BCUT2D eigenvalue weighted by Crippen LogP contribution is -2.10. The molecule has 1 rings (SSSR count). The van der Waals surface area contributed by atoms with E-state index in [0.29, 0.717) is 17.0 Å². The van der Waals surface area contributed by atoms with Gasteiger partial charge in [-0.1, -0.05) is 17.7 Å². The number of aliphatic carboxylic acids is 1. The Morgan fingerprint density at radius 1 is 1.40 bits per heavy atom. The number of hydrogen-bond donors (Lipinski definition) is 3. The predicted octanol–water partition coefficient (Wildman–Crippen LogP) is 0.993. The third kappa shape index (κ3) is 3.20. The lowest BCUT2D eigenvalue weighted by molar-refractivity contribution is -0.146. The molecule has 0 aliphatic heterocycles. The summed E-state index contributed by atoms with van der Waals surface area (Å²) in [5, 5.41) is 27.0. The second-order valence-corrected chi connectivity index (χ2v) is 3.54. The Labute approximate surface area is 91.7 Å². The number of aliphatic hydroxyl groups is 2. The Morgan fingerprint density at radius 2 is 2.07 bits per heavy atom. The molecular weight excluding hydrogens is 220 g/mol. The van der Waals surface area contributed by atoms with E-state index in [-0.39, 0.29) is 12.2 Å². The van der Waals surface area contributed by atoms with Gasteiger partial charge in [0.15, 0.2) is 6.10 Å². The summed E-state index contributed by atoms with van der Waals surface area (Å²) in [6, 6.07) is 4.53. The van der Waals surface area contributed by atoms with Gasteiger partial charge in [-0.15, -0.1) is 0 Å². The van der Waals surface area contributed by atoms with E-state index in [1.54, 1.807) is 6.07 Å². The largest absolute Gasteiger partial charge is 0.479 e. The van der Waals surface area contributed by atoms with Gasteiger partial charge in [-0.2, -0.15) is 0 Å². The molecule has 1 unspecified atom stereocenters. The van der Waals surface area contributed by atoms with E-state index in [1.807, 2.05) is 0 Å². The van der Waals surface area contributed by atoms with E-state index in [2.05, 4.69) is 0 Å². The fourth-order valence-electron chi connectivity index (χ4n) is 1.25. The predicted molar refractivity (Wildman–Crippen MR) is 54.8 cm³/mol. The molecular formula is C10H11ClO4. The molecule has 0 aromatic heterocycles. The Bertz CT molecular complexity index is 364. The van der Waals surface area contributed by atoms with Gasteiger partial charge < -0.3 is 15.3 Å². The van der Waals surface area contributed by atoms with Gasteiger partial charge in [0, 0.05) is 11.6 Å². The molecule has 82 valence electrons. The summed E-state index contributed by atoms with van der Waals surface area (Å²) in [7, 11) is 0. The van der Waals surface area contributed by atoms with Gasteiger partial charge in [0.1, 0.15) is 0 Å². The quantitative estimate of drug-likeness (QED) is 0.721. The van der Waals surface area contributed by atoms with Gasteiger partial charge in [-0.3, -0.25) is 0 Å². The maximum absolute atomic E-state index is 10.5. The summed E-state index contributed by atoms with van der Waals surface area (Å²) in [6.45, 7) is -0.0526. The van der Waals surface area contributed by atoms with Crippen LogP contribution in [0.4, 0.5) is 0 Å². The SMILES string of the molecule is O=C(O)C(O)c1cc(Cl)cc(CCO)c1. The Hall–Kier alpha value is -1.10. The second kappa shape index (κ2) is 5.11. The van der Waals surface area contributed by atoms with Crippen molar-refractivity contribution < 1.29 is 20.1 Å². The van der Waals surface area contributed by atoms with Crippen molar-refractivity contribution in [2.24, 2.45) is 0 Å². The van der Waals surface area contributed by atoms with E-state index < -0.39 is 12.1 Å². The van der Waals surface area contributed by atoms with Crippen molar-refractivity contribution in [1.82, 2.24) is 0 Å². The Kier molecular flexibility index (Phi) is 4.08. The zero-order valence-corrected chi connectivity index (χ0v) is 8.61. The molecule has 3 N–H and O–H groups in total. The minimum Gasteiger partial charge on any atom is -0.479 e. The van der Waals surface area contributed by atoms with Crippen molar-refractivity contribution in [3.05, 3.63) is 34.3 Å². The zero-order valence-electron chi connectivity index (χ0n) is 7.85. The van der Waals surface area contributed by atoms with Crippen LogP contribution in [-0.4, -0.2) is 27.9 Å². The number of carboxylic acid groups (broad SMARTS) is 1. The first kappa shape index (κ1) is 12.0. The summed E-state index contributed by atoms with van der Waals surface area (Å²) in [6.07, 6.45) is -1.21. The van der Waals surface area contributed by atoms with Crippen molar-refractivity contribution in [2.75, 3.05) is 6.61 Å². The number of benzene rings is 1. The topological polar surface area (TPSA) is 77.8 Å². The molecule has 5 heteroatoms. The molecule has 0 fully saturated rings. The fourth-order valence-corrected chi connectivity index (χ4v) is 1.52. The highest BCUT2D eigenvalue weighted by atomic mass is 35.5. The summed E-state index contributed by atoms with van der Waals surface area (Å²) >= 11 is 5.75. The molecule has 0 radical (unpaired) electrons. The van der Waals surface area contributed by atoms with Gasteiger partial charge >= 0.3 is 5.97 Å². The van der Waals surface area contributed by atoms with Crippen LogP contribution in [0, 0.1) is 0 Å². The Morgan fingerprint density at radius 3 is 2.60 bits per heavy atom. The molecule has 1 aromatic rings. The highest BCUT2D eigenvalue weighted by Gasteiger charge is 2.16. The number of carboxylic acids is 1. The fraction of sp³-hybridized carbons (Fsp3) is 0.300. The number of hydrogen-bond acceptors (Lipinski definition) is 3. The maximum Gasteiger partial charge on any atom is 0.337 e. The molecule has 15 heavy (non-hydrogen) atoms. The van der Waals surface area contributed by atoms with E-state index in [9.17, 15) is 9.90 Å². The van der Waals surface area contributed by atoms with Crippen molar-refractivity contribution in [2.45, 2.75) is 12.5 Å². The van der Waals surface area contributed by atoms with Crippen LogP contribution in [0.25, 0.3) is 0 Å². The lowest BCUT2D eigenvalue weighted by atomic mass is 10.0. The molecule has 1 aromatic carbocycles. The van der Waals surface area contributed by atoms with Gasteiger partial charge in [-0.05, 0) is 29.7 Å². The highest BCUT2D eigenvalue weighted by molar-refractivity contribution is 6.30.